The van der Waals surface area contributed by atoms with Crippen LogP contribution < -0.4 is 9.47 Å². The van der Waals surface area contributed by atoms with Crippen molar-refractivity contribution in [2.24, 2.45) is 0 Å². The minimum Gasteiger partial charge on any atom is -0.495 e. The lowest BCUT2D eigenvalue weighted by Crippen LogP contribution is -1.99. The van der Waals surface area contributed by atoms with Gasteiger partial charge in [-0.2, -0.15) is 0 Å². The van der Waals surface area contributed by atoms with Crippen LogP contribution in [0.3, 0.4) is 0 Å². The highest BCUT2D eigenvalue weighted by molar-refractivity contribution is 9.10. The fraction of sp³-hybridized carbons (Fsp3) is 0.500. The Hall–Kier alpha value is -0.740. The largest absolute Gasteiger partial charge is 0.495 e. The molecule has 4 heteroatoms. The van der Waals surface area contributed by atoms with Gasteiger partial charge in [-0.15, -0.1) is 0 Å². The average molecular weight is 287 g/mol. The van der Waals surface area contributed by atoms with Gasteiger partial charge in [0.25, 0.3) is 0 Å². The van der Waals surface area contributed by atoms with Crippen LogP contribution in [0.5, 0.6) is 11.5 Å². The van der Waals surface area contributed by atoms with Gasteiger partial charge in [0.15, 0.2) is 0 Å². The number of halogens is 1. The normalized spacial score (nSPS) is 19.8. The second-order valence-electron chi connectivity index (χ2n) is 3.74. The van der Waals surface area contributed by atoms with Crippen LogP contribution in [0.25, 0.3) is 0 Å². The first-order valence-electron chi connectivity index (χ1n) is 5.29. The molecule has 1 aromatic rings. The molecule has 88 valence electrons. The van der Waals surface area contributed by atoms with Gasteiger partial charge in [0.05, 0.1) is 20.3 Å². The number of benzene rings is 1. The van der Waals surface area contributed by atoms with Crippen molar-refractivity contribution in [3.8, 4) is 11.5 Å². The molecule has 1 fully saturated rings. The van der Waals surface area contributed by atoms with Crippen LogP contribution in [-0.4, -0.2) is 20.8 Å². The van der Waals surface area contributed by atoms with E-state index in [2.05, 4.69) is 15.9 Å². The summed E-state index contributed by atoms with van der Waals surface area (Å²) in [4.78, 5) is 0. The van der Waals surface area contributed by atoms with Gasteiger partial charge >= 0.3 is 0 Å². The molecule has 0 saturated carbocycles. The summed E-state index contributed by atoms with van der Waals surface area (Å²) < 4.78 is 17.1. The Labute approximate surface area is 104 Å². The van der Waals surface area contributed by atoms with E-state index in [1.165, 1.54) is 0 Å². The molecule has 0 aromatic heterocycles. The average Bonchev–Trinajstić information content (AvgIpc) is 2.83. The molecule has 0 radical (unpaired) electrons. The molecular formula is C12H15BrO3. The van der Waals surface area contributed by atoms with Crippen molar-refractivity contribution < 1.29 is 14.2 Å². The fourth-order valence-electron chi connectivity index (χ4n) is 1.92. The van der Waals surface area contributed by atoms with E-state index >= 15 is 0 Å². The molecule has 1 aliphatic heterocycles. The minimum atomic E-state index is 0.177. The first-order valence-corrected chi connectivity index (χ1v) is 6.08. The summed E-state index contributed by atoms with van der Waals surface area (Å²) >= 11 is 3.45. The third-order valence-electron chi connectivity index (χ3n) is 2.77. The summed E-state index contributed by atoms with van der Waals surface area (Å²) in [5, 5.41) is 0. The SMILES string of the molecule is COc1cc([C@H]2CCCO2)cc(OC)c1Br. The fourth-order valence-corrected chi connectivity index (χ4v) is 2.47. The second-order valence-corrected chi connectivity index (χ2v) is 4.53. The molecule has 0 spiro atoms. The maximum absolute atomic E-state index is 5.65. The van der Waals surface area contributed by atoms with Gasteiger partial charge < -0.3 is 14.2 Å². The topological polar surface area (TPSA) is 27.7 Å². The van der Waals surface area contributed by atoms with E-state index < -0.39 is 0 Å². The Bertz CT molecular complexity index is 348. The molecule has 0 bridgehead atoms. The van der Waals surface area contributed by atoms with Crippen LogP contribution in [0.1, 0.15) is 24.5 Å². The summed E-state index contributed by atoms with van der Waals surface area (Å²) in [6.45, 7) is 0.839. The second kappa shape index (κ2) is 5.06. The van der Waals surface area contributed by atoms with Crippen LogP contribution in [0, 0.1) is 0 Å². The molecule has 0 unspecified atom stereocenters. The zero-order chi connectivity index (χ0) is 11.5. The highest BCUT2D eigenvalue weighted by Crippen LogP contribution is 2.40. The maximum Gasteiger partial charge on any atom is 0.137 e. The summed E-state index contributed by atoms with van der Waals surface area (Å²) in [7, 11) is 3.30. The van der Waals surface area contributed by atoms with E-state index in [1.54, 1.807) is 14.2 Å². The van der Waals surface area contributed by atoms with E-state index in [-0.39, 0.29) is 6.10 Å². The molecule has 1 heterocycles. The van der Waals surface area contributed by atoms with Crippen molar-refractivity contribution in [1.82, 2.24) is 0 Å². The molecule has 1 atom stereocenters. The van der Waals surface area contributed by atoms with E-state index in [1.807, 2.05) is 12.1 Å². The molecule has 0 N–H and O–H groups in total. The van der Waals surface area contributed by atoms with Gasteiger partial charge in [0, 0.05) is 6.61 Å². The van der Waals surface area contributed by atoms with Crippen LogP contribution in [0.4, 0.5) is 0 Å². The molecule has 16 heavy (non-hydrogen) atoms. The molecule has 2 rings (SSSR count). The Balaban J connectivity index is 2.37. The first kappa shape index (κ1) is 11.7. The Morgan fingerprint density at radius 1 is 1.25 bits per heavy atom. The van der Waals surface area contributed by atoms with E-state index in [0.29, 0.717) is 0 Å². The van der Waals surface area contributed by atoms with Gasteiger partial charge in [-0.1, -0.05) is 0 Å². The smallest absolute Gasteiger partial charge is 0.137 e. The van der Waals surface area contributed by atoms with E-state index in [9.17, 15) is 0 Å². The van der Waals surface area contributed by atoms with Gasteiger partial charge in [-0.25, -0.2) is 0 Å². The molecule has 1 saturated heterocycles. The first-order chi connectivity index (χ1) is 7.76. The van der Waals surface area contributed by atoms with Crippen molar-refractivity contribution in [3.05, 3.63) is 22.2 Å². The highest BCUT2D eigenvalue weighted by Gasteiger charge is 2.20. The summed E-state index contributed by atoms with van der Waals surface area (Å²) in [6, 6.07) is 4.01. The maximum atomic E-state index is 5.65. The van der Waals surface area contributed by atoms with Crippen LogP contribution in [0.15, 0.2) is 16.6 Å². The van der Waals surface area contributed by atoms with Crippen molar-refractivity contribution in [3.63, 3.8) is 0 Å². The lowest BCUT2D eigenvalue weighted by molar-refractivity contribution is 0.111. The zero-order valence-electron chi connectivity index (χ0n) is 9.46. The van der Waals surface area contributed by atoms with Crippen LogP contribution in [0.2, 0.25) is 0 Å². The van der Waals surface area contributed by atoms with E-state index in [4.69, 9.17) is 14.2 Å². The predicted molar refractivity (Wildman–Crippen MR) is 65.2 cm³/mol. The molecular weight excluding hydrogens is 272 g/mol. The molecule has 1 aromatic carbocycles. The number of ether oxygens (including phenoxy) is 3. The number of methoxy groups -OCH3 is 2. The van der Waals surface area contributed by atoms with Crippen LogP contribution in [-0.2, 0) is 4.74 Å². The Morgan fingerprint density at radius 3 is 2.31 bits per heavy atom. The van der Waals surface area contributed by atoms with Gasteiger partial charge in [0.1, 0.15) is 16.0 Å². The third kappa shape index (κ3) is 2.18. The Morgan fingerprint density at radius 2 is 1.88 bits per heavy atom. The van der Waals surface area contributed by atoms with Crippen molar-refractivity contribution in [2.45, 2.75) is 18.9 Å². The lowest BCUT2D eigenvalue weighted by atomic mass is 10.1. The number of hydrogen-bond donors (Lipinski definition) is 0. The standard InChI is InChI=1S/C12H15BrO3/c1-14-10-6-8(9-4-3-5-16-9)7-11(15-2)12(10)13/h6-7,9H,3-5H2,1-2H3/t9-/m1/s1. The van der Waals surface area contributed by atoms with E-state index in [0.717, 1.165) is 41.0 Å². The lowest BCUT2D eigenvalue weighted by Gasteiger charge is -2.15. The third-order valence-corrected chi connectivity index (χ3v) is 3.55. The Kier molecular flexibility index (Phi) is 3.71. The zero-order valence-corrected chi connectivity index (χ0v) is 11.0. The van der Waals surface area contributed by atoms with Crippen molar-refractivity contribution >= 4 is 15.9 Å². The van der Waals surface area contributed by atoms with Crippen LogP contribution >= 0.6 is 15.9 Å². The molecule has 3 nitrogen and oxygen atoms in total. The van der Waals surface area contributed by atoms with Gasteiger partial charge in [-0.3, -0.25) is 0 Å². The quantitative estimate of drug-likeness (QED) is 0.853. The molecule has 0 amide bonds. The van der Waals surface area contributed by atoms with Gasteiger partial charge in [-0.05, 0) is 46.5 Å². The van der Waals surface area contributed by atoms with Crippen molar-refractivity contribution in [2.75, 3.05) is 20.8 Å². The van der Waals surface area contributed by atoms with Gasteiger partial charge in [0.2, 0.25) is 0 Å². The summed E-state index contributed by atoms with van der Waals surface area (Å²) in [5.74, 6) is 1.56. The number of rotatable bonds is 3. The number of hydrogen-bond acceptors (Lipinski definition) is 3. The monoisotopic (exact) mass is 286 g/mol. The summed E-state index contributed by atoms with van der Waals surface area (Å²) in [6.07, 6.45) is 2.36. The summed E-state index contributed by atoms with van der Waals surface area (Å²) in [5.41, 5.74) is 1.12. The molecule has 1 aliphatic rings. The minimum absolute atomic E-state index is 0.177. The predicted octanol–water partition coefficient (Wildman–Crippen LogP) is 3.32. The molecule has 0 aliphatic carbocycles. The highest BCUT2D eigenvalue weighted by atomic mass is 79.9. The van der Waals surface area contributed by atoms with Crippen molar-refractivity contribution in [1.29, 1.82) is 0 Å².